The van der Waals surface area contributed by atoms with Crippen molar-refractivity contribution < 1.29 is 5.11 Å². The summed E-state index contributed by atoms with van der Waals surface area (Å²) in [5.41, 5.74) is 0. The Balaban J connectivity index is 2.36. The van der Waals surface area contributed by atoms with Crippen LogP contribution in [0.5, 0.6) is 0 Å². The highest BCUT2D eigenvalue weighted by molar-refractivity contribution is 4.98. The molecule has 1 unspecified atom stereocenters. The number of hydrogen-bond acceptors (Lipinski definition) is 2. The summed E-state index contributed by atoms with van der Waals surface area (Å²) < 4.78 is 0. The number of nitrogens with one attached hydrogen (secondary N) is 1. The SMILES string of the molecule is C#CC(C)N[C@@H]1CCC[C@@H]1CO. The fraction of sp³-hybridized carbons (Fsp3) is 0.800. The predicted molar refractivity (Wildman–Crippen MR) is 49.6 cm³/mol. The lowest BCUT2D eigenvalue weighted by Gasteiger charge is -2.20. The van der Waals surface area contributed by atoms with Crippen molar-refractivity contribution in [1.29, 1.82) is 0 Å². The zero-order chi connectivity index (χ0) is 8.97. The summed E-state index contributed by atoms with van der Waals surface area (Å²) in [5.74, 6) is 3.06. The first-order chi connectivity index (χ1) is 5.77. The monoisotopic (exact) mass is 167 g/mol. The van der Waals surface area contributed by atoms with Crippen molar-refractivity contribution in [2.75, 3.05) is 6.61 Å². The van der Waals surface area contributed by atoms with Crippen LogP contribution < -0.4 is 5.32 Å². The second kappa shape index (κ2) is 4.49. The zero-order valence-electron chi connectivity index (χ0n) is 7.59. The van der Waals surface area contributed by atoms with E-state index in [2.05, 4.69) is 11.2 Å². The molecule has 2 nitrogen and oxygen atoms in total. The summed E-state index contributed by atoms with van der Waals surface area (Å²) in [6, 6.07) is 0.559. The van der Waals surface area contributed by atoms with Gasteiger partial charge in [0, 0.05) is 12.6 Å². The Morgan fingerprint density at radius 3 is 3.00 bits per heavy atom. The molecule has 0 spiro atoms. The molecule has 68 valence electrons. The van der Waals surface area contributed by atoms with E-state index in [4.69, 9.17) is 11.5 Å². The molecule has 0 amide bonds. The summed E-state index contributed by atoms with van der Waals surface area (Å²) in [4.78, 5) is 0. The number of terminal acetylenes is 1. The molecule has 1 aliphatic rings. The van der Waals surface area contributed by atoms with Gasteiger partial charge in [0.1, 0.15) is 0 Å². The summed E-state index contributed by atoms with van der Waals surface area (Å²) in [5, 5.41) is 12.4. The maximum atomic E-state index is 9.03. The third kappa shape index (κ3) is 2.23. The Morgan fingerprint density at radius 1 is 1.67 bits per heavy atom. The lowest BCUT2D eigenvalue weighted by atomic mass is 10.0. The Labute approximate surface area is 74.4 Å². The molecule has 1 saturated carbocycles. The fourth-order valence-electron chi connectivity index (χ4n) is 1.84. The summed E-state index contributed by atoms with van der Waals surface area (Å²) in [6.07, 6.45) is 8.75. The van der Waals surface area contributed by atoms with E-state index < -0.39 is 0 Å². The van der Waals surface area contributed by atoms with Crippen LogP contribution in [-0.4, -0.2) is 23.8 Å². The van der Waals surface area contributed by atoms with Crippen molar-refractivity contribution in [2.24, 2.45) is 5.92 Å². The minimum atomic E-state index is 0.127. The van der Waals surface area contributed by atoms with Crippen molar-refractivity contribution >= 4 is 0 Å². The van der Waals surface area contributed by atoms with Crippen LogP contribution in [-0.2, 0) is 0 Å². The van der Waals surface area contributed by atoms with Gasteiger partial charge in [-0.25, -0.2) is 0 Å². The highest BCUT2D eigenvalue weighted by Gasteiger charge is 2.26. The van der Waals surface area contributed by atoms with Crippen molar-refractivity contribution in [2.45, 2.75) is 38.3 Å². The van der Waals surface area contributed by atoms with Gasteiger partial charge in [-0.1, -0.05) is 12.3 Å². The van der Waals surface area contributed by atoms with Gasteiger partial charge in [-0.3, -0.25) is 0 Å². The van der Waals surface area contributed by atoms with Crippen LogP contribution in [0.15, 0.2) is 0 Å². The molecule has 0 aromatic heterocycles. The van der Waals surface area contributed by atoms with Crippen molar-refractivity contribution in [3.63, 3.8) is 0 Å². The van der Waals surface area contributed by atoms with Crippen LogP contribution in [0.25, 0.3) is 0 Å². The molecule has 1 rings (SSSR count). The van der Waals surface area contributed by atoms with Crippen molar-refractivity contribution in [3.05, 3.63) is 0 Å². The van der Waals surface area contributed by atoms with Gasteiger partial charge in [-0.15, -0.1) is 6.42 Å². The first-order valence-electron chi connectivity index (χ1n) is 4.61. The standard InChI is InChI=1S/C10H17NO/c1-3-8(2)11-10-6-4-5-9(10)7-12/h1,8-12H,4-7H2,2H3/t8?,9-,10-/m1/s1. The number of rotatable bonds is 3. The average Bonchev–Trinajstić information content (AvgIpc) is 2.51. The minimum Gasteiger partial charge on any atom is -0.396 e. The van der Waals surface area contributed by atoms with Crippen LogP contribution >= 0.6 is 0 Å². The van der Waals surface area contributed by atoms with Gasteiger partial charge in [0.15, 0.2) is 0 Å². The Kier molecular flexibility index (Phi) is 3.58. The molecular formula is C10H17NO. The van der Waals surface area contributed by atoms with E-state index >= 15 is 0 Å². The van der Waals surface area contributed by atoms with Crippen molar-refractivity contribution in [1.82, 2.24) is 5.32 Å². The molecule has 0 heterocycles. The lowest BCUT2D eigenvalue weighted by molar-refractivity contribution is 0.204. The normalized spacial score (nSPS) is 31.4. The van der Waals surface area contributed by atoms with Gasteiger partial charge in [0.05, 0.1) is 6.04 Å². The van der Waals surface area contributed by atoms with E-state index in [1.807, 2.05) is 6.92 Å². The lowest BCUT2D eigenvalue weighted by Crippen LogP contribution is -2.39. The highest BCUT2D eigenvalue weighted by Crippen LogP contribution is 2.25. The highest BCUT2D eigenvalue weighted by atomic mass is 16.3. The number of aliphatic hydroxyl groups is 1. The zero-order valence-corrected chi connectivity index (χ0v) is 7.59. The summed E-state index contributed by atoms with van der Waals surface area (Å²) in [7, 11) is 0. The Morgan fingerprint density at radius 2 is 2.42 bits per heavy atom. The minimum absolute atomic E-state index is 0.127. The summed E-state index contributed by atoms with van der Waals surface area (Å²) in [6.45, 7) is 2.27. The van der Waals surface area contributed by atoms with Gasteiger partial charge in [0.2, 0.25) is 0 Å². The molecule has 0 bridgehead atoms. The second-order valence-electron chi connectivity index (χ2n) is 3.54. The second-order valence-corrected chi connectivity index (χ2v) is 3.54. The number of aliphatic hydroxyl groups excluding tert-OH is 1. The van der Waals surface area contributed by atoms with Crippen molar-refractivity contribution in [3.8, 4) is 12.3 Å². The molecule has 0 saturated heterocycles. The molecule has 0 aromatic rings. The average molecular weight is 167 g/mol. The van der Waals surface area contributed by atoms with E-state index in [1.165, 1.54) is 6.42 Å². The van der Waals surface area contributed by atoms with Crippen LogP contribution in [0.3, 0.4) is 0 Å². The number of hydrogen-bond donors (Lipinski definition) is 2. The molecule has 2 heteroatoms. The largest absolute Gasteiger partial charge is 0.396 e. The Hall–Kier alpha value is -0.520. The van der Waals surface area contributed by atoms with E-state index in [-0.39, 0.29) is 12.6 Å². The Bertz CT molecular complexity index is 173. The van der Waals surface area contributed by atoms with Crippen LogP contribution in [0, 0.1) is 18.3 Å². The molecule has 0 radical (unpaired) electrons. The summed E-state index contributed by atoms with van der Waals surface area (Å²) >= 11 is 0. The van der Waals surface area contributed by atoms with E-state index in [9.17, 15) is 0 Å². The van der Waals surface area contributed by atoms with Crippen LogP contribution in [0.4, 0.5) is 0 Å². The van der Waals surface area contributed by atoms with Gasteiger partial charge in [-0.2, -0.15) is 0 Å². The maximum Gasteiger partial charge on any atom is 0.0660 e. The molecule has 0 aromatic carbocycles. The smallest absolute Gasteiger partial charge is 0.0660 e. The molecule has 0 aliphatic heterocycles. The molecular weight excluding hydrogens is 150 g/mol. The van der Waals surface area contributed by atoms with E-state index in [0.717, 1.165) is 12.8 Å². The van der Waals surface area contributed by atoms with Gasteiger partial charge < -0.3 is 10.4 Å². The fourth-order valence-corrected chi connectivity index (χ4v) is 1.84. The van der Waals surface area contributed by atoms with Crippen LogP contribution in [0.1, 0.15) is 26.2 Å². The van der Waals surface area contributed by atoms with E-state index in [1.54, 1.807) is 0 Å². The van der Waals surface area contributed by atoms with Gasteiger partial charge in [0.25, 0.3) is 0 Å². The van der Waals surface area contributed by atoms with Gasteiger partial charge >= 0.3 is 0 Å². The molecule has 3 atom stereocenters. The third-order valence-corrected chi connectivity index (χ3v) is 2.61. The molecule has 1 aliphatic carbocycles. The maximum absolute atomic E-state index is 9.03. The van der Waals surface area contributed by atoms with E-state index in [0.29, 0.717) is 12.0 Å². The first kappa shape index (κ1) is 9.57. The third-order valence-electron chi connectivity index (χ3n) is 2.61. The topological polar surface area (TPSA) is 32.3 Å². The predicted octanol–water partition coefficient (Wildman–Crippen LogP) is 0.759. The molecule has 1 fully saturated rings. The first-order valence-corrected chi connectivity index (χ1v) is 4.61. The molecule has 12 heavy (non-hydrogen) atoms. The quantitative estimate of drug-likeness (QED) is 0.608. The molecule has 2 N–H and O–H groups in total. The van der Waals surface area contributed by atoms with Gasteiger partial charge in [-0.05, 0) is 25.7 Å². The van der Waals surface area contributed by atoms with Crippen LogP contribution in [0.2, 0.25) is 0 Å².